The average Bonchev–Trinajstić information content (AvgIpc) is 1.83. The van der Waals surface area contributed by atoms with Crippen LogP contribution < -0.4 is 10.3 Å². The molecule has 2 N–H and O–H groups in total. The zero-order valence-corrected chi connectivity index (χ0v) is 5.11. The van der Waals surface area contributed by atoms with Gasteiger partial charge in [-0.25, -0.2) is 0 Å². The van der Waals surface area contributed by atoms with Crippen LogP contribution in [0.3, 0.4) is 0 Å². The van der Waals surface area contributed by atoms with Gasteiger partial charge in [0.25, 0.3) is 0 Å². The molecule has 0 atom stereocenters. The second-order valence-electron chi connectivity index (χ2n) is 1.78. The van der Waals surface area contributed by atoms with E-state index in [1.807, 2.05) is 0 Å². The van der Waals surface area contributed by atoms with Crippen LogP contribution in [0.5, 0.6) is 0 Å². The van der Waals surface area contributed by atoms with Crippen LogP contribution >= 0.6 is 0 Å². The fraction of sp³-hybridized carbons (Fsp3) is 0.200. The van der Waals surface area contributed by atoms with Crippen molar-refractivity contribution in [1.82, 2.24) is 4.68 Å². The molecule has 4 nitrogen and oxygen atoms in total. The molecule has 9 heavy (non-hydrogen) atoms. The molecular weight excluding hydrogens is 118 g/mol. The molecule has 1 aromatic heterocycles. The van der Waals surface area contributed by atoms with Crippen molar-refractivity contribution in [2.45, 2.75) is 0 Å². The maximum absolute atomic E-state index is 10.7. The van der Waals surface area contributed by atoms with Crippen molar-refractivity contribution in [1.29, 1.82) is 0 Å². The first-order valence-corrected chi connectivity index (χ1v) is 2.56. The van der Waals surface area contributed by atoms with Crippen LogP contribution in [0.2, 0.25) is 0 Å². The maximum atomic E-state index is 10.7. The molecule has 1 heterocycles. The first kappa shape index (κ1) is 5.81. The molecule has 0 saturated carbocycles. The highest BCUT2D eigenvalue weighted by atomic mass is 16.3. The zero-order chi connectivity index (χ0) is 6.85. The molecule has 48 valence electrons. The van der Waals surface area contributed by atoms with Gasteiger partial charge in [-0.2, -0.15) is 4.68 Å². The second-order valence-corrected chi connectivity index (χ2v) is 1.78. The number of rotatable bonds is 0. The summed E-state index contributed by atoms with van der Waals surface area (Å²) < 4.78 is 1.97. The SMILES string of the molecule is Cn1cccc(N)[n+]1=O. The highest BCUT2D eigenvalue weighted by molar-refractivity contribution is 5.16. The standard InChI is InChI=1S/C5H8N3O/c1-7-4-2-3-5(6)8(7)9/h2-4H,6H2,1H3/q+1. The molecule has 4 heteroatoms. The molecule has 0 spiro atoms. The van der Waals surface area contributed by atoms with E-state index in [1.54, 1.807) is 25.4 Å². The van der Waals surface area contributed by atoms with Gasteiger partial charge in [-0.1, -0.05) is 0 Å². The number of nitrogens with two attached hydrogens (primary N) is 1. The lowest BCUT2D eigenvalue weighted by molar-refractivity contribution is -0.580. The third kappa shape index (κ3) is 0.910. The van der Waals surface area contributed by atoms with E-state index < -0.39 is 0 Å². The Labute approximate surface area is 52.1 Å². The predicted molar refractivity (Wildman–Crippen MR) is 33.2 cm³/mol. The number of aryl methyl sites for hydroxylation is 1. The van der Waals surface area contributed by atoms with Crippen molar-refractivity contribution in [2.24, 2.45) is 7.05 Å². The quantitative estimate of drug-likeness (QED) is 0.477. The number of nitrogens with zero attached hydrogens (tertiary/aromatic N) is 2. The van der Waals surface area contributed by atoms with Gasteiger partial charge in [0, 0.05) is 12.3 Å². The van der Waals surface area contributed by atoms with Crippen LogP contribution in [-0.2, 0) is 7.05 Å². The number of hydrogen-bond donors (Lipinski definition) is 1. The number of aromatic nitrogens is 2. The maximum Gasteiger partial charge on any atom is 0.339 e. The zero-order valence-electron chi connectivity index (χ0n) is 5.11. The summed E-state index contributed by atoms with van der Waals surface area (Å²) in [4.78, 5) is 10.7. The van der Waals surface area contributed by atoms with E-state index >= 15 is 0 Å². The van der Waals surface area contributed by atoms with Crippen LogP contribution in [0.1, 0.15) is 0 Å². The van der Waals surface area contributed by atoms with Crippen molar-refractivity contribution < 1.29 is 4.54 Å². The Morgan fingerprint density at radius 1 is 1.78 bits per heavy atom. The molecule has 0 unspecified atom stereocenters. The lowest BCUT2D eigenvalue weighted by Crippen LogP contribution is -2.30. The molecule has 0 aliphatic heterocycles. The summed E-state index contributed by atoms with van der Waals surface area (Å²) >= 11 is 0. The van der Waals surface area contributed by atoms with Crippen LogP contribution in [0, 0.1) is 4.91 Å². The molecule has 0 amide bonds. The minimum Gasteiger partial charge on any atom is -0.282 e. The second kappa shape index (κ2) is 1.89. The van der Waals surface area contributed by atoms with Crippen molar-refractivity contribution in [3.05, 3.63) is 23.2 Å². The Morgan fingerprint density at radius 3 is 2.89 bits per heavy atom. The summed E-state index contributed by atoms with van der Waals surface area (Å²) in [6.45, 7) is 0. The van der Waals surface area contributed by atoms with Crippen molar-refractivity contribution in [2.75, 3.05) is 5.73 Å². The molecule has 0 aliphatic rings. The third-order valence-corrected chi connectivity index (χ3v) is 1.08. The summed E-state index contributed by atoms with van der Waals surface area (Å²) in [5, 5.41) is 0. The Bertz CT molecular complexity index is 242. The van der Waals surface area contributed by atoms with Gasteiger partial charge in [0.15, 0.2) is 0 Å². The number of hydrogen-bond acceptors (Lipinski definition) is 2. The largest absolute Gasteiger partial charge is 0.339 e. The van der Waals surface area contributed by atoms with Crippen molar-refractivity contribution in [3.8, 4) is 0 Å². The Morgan fingerprint density at radius 2 is 2.44 bits per heavy atom. The molecule has 0 saturated heterocycles. The first-order chi connectivity index (χ1) is 4.22. The molecule has 0 bridgehead atoms. The molecule has 0 radical (unpaired) electrons. The number of nitrogen functional groups attached to an aromatic ring is 1. The monoisotopic (exact) mass is 126 g/mol. The molecule has 0 fully saturated rings. The fourth-order valence-electron chi connectivity index (χ4n) is 0.573. The summed E-state index contributed by atoms with van der Waals surface area (Å²) in [6.07, 6.45) is 1.63. The summed E-state index contributed by atoms with van der Waals surface area (Å²) in [6, 6.07) is 3.26. The molecule has 1 rings (SSSR count). The Balaban J connectivity index is 3.43. The van der Waals surface area contributed by atoms with Gasteiger partial charge < -0.3 is 0 Å². The van der Waals surface area contributed by atoms with Crippen molar-refractivity contribution in [3.63, 3.8) is 0 Å². The van der Waals surface area contributed by atoms with Gasteiger partial charge in [-0.15, -0.1) is 0 Å². The lowest BCUT2D eigenvalue weighted by atomic mass is 10.5. The molecule has 1 aromatic rings. The van der Waals surface area contributed by atoms with Gasteiger partial charge >= 0.3 is 5.82 Å². The van der Waals surface area contributed by atoms with Crippen LogP contribution in [-0.4, -0.2) is 4.68 Å². The van der Waals surface area contributed by atoms with Gasteiger partial charge in [0.05, 0.1) is 11.6 Å². The van der Waals surface area contributed by atoms with Gasteiger partial charge in [0.2, 0.25) is 0 Å². The first-order valence-electron chi connectivity index (χ1n) is 2.56. The van der Waals surface area contributed by atoms with Crippen molar-refractivity contribution >= 4 is 5.82 Å². The van der Waals surface area contributed by atoms with E-state index in [0.717, 1.165) is 0 Å². The van der Waals surface area contributed by atoms with E-state index in [1.165, 1.54) is 4.68 Å². The highest BCUT2D eigenvalue weighted by Gasteiger charge is 1.97. The van der Waals surface area contributed by atoms with E-state index in [-0.39, 0.29) is 5.82 Å². The van der Waals surface area contributed by atoms with E-state index in [4.69, 9.17) is 5.73 Å². The molecular formula is C5H8N3O+. The summed E-state index contributed by atoms with van der Waals surface area (Å²) in [5.41, 5.74) is 5.25. The minimum absolute atomic E-state index is 0.208. The van der Waals surface area contributed by atoms with Gasteiger partial charge in [-0.05, 0) is 11.0 Å². The normalized spacial score (nSPS) is 9.44. The minimum atomic E-state index is 0.208. The van der Waals surface area contributed by atoms with Crippen LogP contribution in [0.15, 0.2) is 18.3 Å². The van der Waals surface area contributed by atoms with Crippen LogP contribution in [0.4, 0.5) is 5.82 Å². The smallest absolute Gasteiger partial charge is 0.282 e. The van der Waals surface area contributed by atoms with Crippen LogP contribution in [0.25, 0.3) is 0 Å². The number of anilines is 1. The summed E-state index contributed by atoms with van der Waals surface area (Å²) in [7, 11) is 1.63. The van der Waals surface area contributed by atoms with Gasteiger partial charge in [0.1, 0.15) is 0 Å². The van der Waals surface area contributed by atoms with E-state index in [9.17, 15) is 4.91 Å². The Kier molecular flexibility index (Phi) is 1.22. The van der Waals surface area contributed by atoms with E-state index in [0.29, 0.717) is 4.54 Å². The predicted octanol–water partition coefficient (Wildman–Crippen LogP) is -0.478. The highest BCUT2D eigenvalue weighted by Crippen LogP contribution is 1.85. The fourth-order valence-corrected chi connectivity index (χ4v) is 0.573. The van der Waals surface area contributed by atoms with Gasteiger partial charge in [-0.3, -0.25) is 5.73 Å². The topological polar surface area (TPSA) is 53.9 Å². The lowest BCUT2D eigenvalue weighted by Gasteiger charge is -1.88. The summed E-state index contributed by atoms with van der Waals surface area (Å²) in [5.74, 6) is 0.208. The molecule has 0 aromatic carbocycles. The third-order valence-electron chi connectivity index (χ3n) is 1.08. The average molecular weight is 126 g/mol. The Hall–Kier alpha value is -1.32. The van der Waals surface area contributed by atoms with E-state index in [2.05, 4.69) is 0 Å². The molecule has 0 aliphatic carbocycles.